The van der Waals surface area contributed by atoms with Crippen molar-refractivity contribution in [3.8, 4) is 0 Å². The van der Waals surface area contributed by atoms with Crippen molar-refractivity contribution in [2.24, 2.45) is 0 Å². The molecule has 0 aliphatic carbocycles. The summed E-state index contributed by atoms with van der Waals surface area (Å²) in [6.07, 6.45) is 44.9. The molecular weight excluding hydrogens is 659 g/mol. The highest BCUT2D eigenvalue weighted by atomic mass is 32.2. The number of aliphatic hydroxyl groups is 2. The van der Waals surface area contributed by atoms with E-state index in [0.717, 1.165) is 38.5 Å². The summed E-state index contributed by atoms with van der Waals surface area (Å²) in [6.45, 7) is 4.50. The summed E-state index contributed by atoms with van der Waals surface area (Å²) in [5, 5.41) is 23.4. The Morgan fingerprint density at radius 3 is 1.29 bits per heavy atom. The van der Waals surface area contributed by atoms with Gasteiger partial charge in [0.15, 0.2) is 0 Å². The number of carbonyl (C=O) groups is 1. The number of carbonyl (C=O) groups excluding carboxylic acids is 1. The van der Waals surface area contributed by atoms with Crippen LogP contribution in [0.2, 0.25) is 0 Å². The molecule has 0 heterocycles. The normalized spacial score (nSPS) is 14.2. The Labute approximate surface area is 315 Å². The molecule has 300 valence electrons. The summed E-state index contributed by atoms with van der Waals surface area (Å²) in [6, 6.07) is -1.25. The average molecular weight is 740 g/mol. The second-order valence-corrected chi connectivity index (χ2v) is 16.2. The lowest BCUT2D eigenvalue weighted by atomic mass is 10.0. The fourth-order valence-corrected chi connectivity index (χ4v) is 7.08. The maximum Gasteiger partial charge on any atom is 0.267 e. The highest BCUT2D eigenvalue weighted by Gasteiger charge is 2.27. The van der Waals surface area contributed by atoms with Crippen LogP contribution in [0.15, 0.2) is 36.5 Å². The van der Waals surface area contributed by atoms with Gasteiger partial charge in [-0.15, -0.1) is 0 Å². The van der Waals surface area contributed by atoms with Crippen LogP contribution in [-0.4, -0.2) is 53.1 Å². The number of aliphatic hydroxyl groups excluding tert-OH is 2. The van der Waals surface area contributed by atoms with Gasteiger partial charge in [0, 0.05) is 0 Å². The smallest absolute Gasteiger partial charge is 0.267 e. The molecule has 8 heteroatoms. The molecule has 51 heavy (non-hydrogen) atoms. The Morgan fingerprint density at radius 1 is 0.529 bits per heavy atom. The molecule has 0 saturated heterocycles. The minimum Gasteiger partial charge on any atom is -0.387 e. The number of nitrogens with one attached hydrogen (secondary N) is 1. The van der Waals surface area contributed by atoms with E-state index in [2.05, 4.69) is 43.5 Å². The van der Waals surface area contributed by atoms with E-state index in [0.29, 0.717) is 12.8 Å². The molecule has 0 aromatic carbocycles. The van der Waals surface area contributed by atoms with E-state index < -0.39 is 40.0 Å². The average Bonchev–Trinajstić information content (AvgIpc) is 3.09. The number of hydrogen-bond donors (Lipinski definition) is 4. The first kappa shape index (κ1) is 49.5. The summed E-state index contributed by atoms with van der Waals surface area (Å²) in [5.41, 5.74) is 0. The minimum absolute atomic E-state index is 0.267. The van der Waals surface area contributed by atoms with E-state index in [1.807, 2.05) is 0 Å². The Balaban J connectivity index is 4.04. The van der Waals surface area contributed by atoms with Crippen molar-refractivity contribution >= 4 is 16.0 Å². The monoisotopic (exact) mass is 740 g/mol. The molecular formula is C43H81NO6S. The molecule has 0 bridgehead atoms. The fraction of sp³-hybridized carbons (Fsp3) is 0.837. The van der Waals surface area contributed by atoms with Gasteiger partial charge in [0.1, 0.15) is 6.10 Å². The molecule has 0 rings (SSSR count). The first-order valence-corrected chi connectivity index (χ1v) is 22.9. The van der Waals surface area contributed by atoms with Gasteiger partial charge in [-0.3, -0.25) is 9.35 Å². The molecule has 0 aliphatic rings. The molecule has 7 nitrogen and oxygen atoms in total. The van der Waals surface area contributed by atoms with E-state index in [1.54, 1.807) is 6.08 Å². The quantitative estimate of drug-likeness (QED) is 0.0284. The highest BCUT2D eigenvalue weighted by Crippen LogP contribution is 2.14. The molecule has 0 aromatic heterocycles. The van der Waals surface area contributed by atoms with E-state index in [9.17, 15) is 28.0 Å². The predicted octanol–water partition coefficient (Wildman–Crippen LogP) is 11.5. The van der Waals surface area contributed by atoms with Crippen molar-refractivity contribution < 1.29 is 28.0 Å². The van der Waals surface area contributed by atoms with Gasteiger partial charge in [-0.05, 0) is 57.8 Å². The molecule has 0 aromatic rings. The van der Waals surface area contributed by atoms with Crippen LogP contribution < -0.4 is 5.32 Å². The van der Waals surface area contributed by atoms with Gasteiger partial charge >= 0.3 is 0 Å². The second kappa shape index (κ2) is 36.9. The van der Waals surface area contributed by atoms with Crippen LogP contribution in [0.1, 0.15) is 206 Å². The molecule has 4 N–H and O–H groups in total. The number of amides is 1. The summed E-state index contributed by atoms with van der Waals surface area (Å²) >= 11 is 0. The van der Waals surface area contributed by atoms with Crippen LogP contribution in [0.25, 0.3) is 0 Å². The van der Waals surface area contributed by atoms with Crippen molar-refractivity contribution in [3.63, 3.8) is 0 Å². The van der Waals surface area contributed by atoms with Crippen LogP contribution >= 0.6 is 0 Å². The van der Waals surface area contributed by atoms with Crippen LogP contribution in [0, 0.1) is 0 Å². The summed E-state index contributed by atoms with van der Waals surface area (Å²) in [7, 11) is -4.45. The van der Waals surface area contributed by atoms with Gasteiger partial charge in [-0.25, -0.2) is 0 Å². The van der Waals surface area contributed by atoms with Gasteiger partial charge in [-0.2, -0.15) is 8.42 Å². The van der Waals surface area contributed by atoms with E-state index in [4.69, 9.17) is 0 Å². The molecule has 0 saturated carbocycles. The van der Waals surface area contributed by atoms with Gasteiger partial charge < -0.3 is 15.5 Å². The van der Waals surface area contributed by atoms with Crippen LogP contribution in [0.3, 0.4) is 0 Å². The zero-order valence-corrected chi connectivity index (χ0v) is 33.9. The van der Waals surface area contributed by atoms with Crippen LogP contribution in [-0.2, 0) is 14.9 Å². The molecule has 0 fully saturated rings. The van der Waals surface area contributed by atoms with Crippen molar-refractivity contribution in [3.05, 3.63) is 36.5 Å². The summed E-state index contributed by atoms with van der Waals surface area (Å²) < 4.78 is 32.5. The van der Waals surface area contributed by atoms with E-state index in [-0.39, 0.29) is 6.42 Å². The van der Waals surface area contributed by atoms with Crippen molar-refractivity contribution in [1.29, 1.82) is 0 Å². The topological polar surface area (TPSA) is 124 Å². The largest absolute Gasteiger partial charge is 0.387 e. The molecule has 3 unspecified atom stereocenters. The number of rotatable bonds is 38. The Hall–Kier alpha value is -1.48. The van der Waals surface area contributed by atoms with E-state index >= 15 is 0 Å². The lowest BCUT2D eigenvalue weighted by Gasteiger charge is -2.22. The van der Waals surface area contributed by atoms with Crippen molar-refractivity contribution in [1.82, 2.24) is 5.32 Å². The first-order chi connectivity index (χ1) is 24.7. The Bertz CT molecular complexity index is 964. The third kappa shape index (κ3) is 36.7. The molecule has 0 aliphatic heterocycles. The van der Waals surface area contributed by atoms with Crippen molar-refractivity contribution in [2.45, 2.75) is 225 Å². The Kier molecular flexibility index (Phi) is 35.8. The first-order valence-electron chi connectivity index (χ1n) is 21.3. The highest BCUT2D eigenvalue weighted by molar-refractivity contribution is 7.85. The number of hydrogen-bond acceptors (Lipinski definition) is 5. The standard InChI is InChI=1S/C43H81NO6S/c1-3-5-7-9-11-13-15-17-19-20-21-22-23-24-26-28-30-32-34-36-38-42(46)43(47)44-40(39-51(48,49)50)41(45)37-35-33-31-29-27-25-18-16-14-12-10-8-6-4-2/h22-23,27,29,35,37,40-42,45-46H,3-21,24-26,28,30-34,36,38-39H2,1-2H3,(H,44,47)(H,48,49,50)/b23-22-,29-27+,37-35+. The van der Waals surface area contributed by atoms with Gasteiger partial charge in [0.2, 0.25) is 5.91 Å². The Morgan fingerprint density at radius 2 is 0.882 bits per heavy atom. The molecule has 1 amide bonds. The molecule has 0 spiro atoms. The lowest BCUT2D eigenvalue weighted by molar-refractivity contribution is -0.130. The SMILES string of the molecule is CCCCCCCCCC/C=C/CC/C=C/C(O)C(CS(=O)(=O)O)NC(=O)C(O)CCCCCCCC/C=C\CCCCCCCCCCCC. The number of unbranched alkanes of at least 4 members (excludes halogenated alkanes) is 25. The van der Waals surface area contributed by atoms with Crippen LogP contribution in [0.4, 0.5) is 0 Å². The van der Waals surface area contributed by atoms with Gasteiger partial charge in [0.25, 0.3) is 10.1 Å². The number of allylic oxidation sites excluding steroid dienone is 5. The minimum atomic E-state index is -4.45. The third-order valence-corrected chi connectivity index (χ3v) is 10.4. The maximum absolute atomic E-state index is 12.6. The van der Waals surface area contributed by atoms with Gasteiger partial charge in [0.05, 0.1) is 17.9 Å². The summed E-state index contributed by atoms with van der Waals surface area (Å²) in [5.74, 6) is -1.56. The molecule has 3 atom stereocenters. The van der Waals surface area contributed by atoms with E-state index in [1.165, 1.54) is 141 Å². The lowest BCUT2D eigenvalue weighted by Crippen LogP contribution is -2.50. The van der Waals surface area contributed by atoms with Gasteiger partial charge in [-0.1, -0.05) is 185 Å². The summed E-state index contributed by atoms with van der Waals surface area (Å²) in [4.78, 5) is 12.6. The molecule has 0 radical (unpaired) electrons. The zero-order chi connectivity index (χ0) is 37.7. The second-order valence-electron chi connectivity index (χ2n) is 14.8. The zero-order valence-electron chi connectivity index (χ0n) is 33.1. The third-order valence-electron chi connectivity index (χ3n) is 9.65. The fourth-order valence-electron chi connectivity index (χ4n) is 6.35. The van der Waals surface area contributed by atoms with Crippen LogP contribution in [0.5, 0.6) is 0 Å². The predicted molar refractivity (Wildman–Crippen MR) is 218 cm³/mol. The maximum atomic E-state index is 12.6. The van der Waals surface area contributed by atoms with Crippen molar-refractivity contribution in [2.75, 3.05) is 5.75 Å².